The molecule has 0 aromatic heterocycles. The molecule has 2 aromatic rings. The van der Waals surface area contributed by atoms with Gasteiger partial charge in [-0.05, 0) is 93.9 Å². The van der Waals surface area contributed by atoms with E-state index < -0.39 is 10.0 Å². The summed E-state index contributed by atoms with van der Waals surface area (Å²) in [6, 6.07) is 15.1. The summed E-state index contributed by atoms with van der Waals surface area (Å²) < 4.78 is 67.5. The lowest BCUT2D eigenvalue weighted by Gasteiger charge is -2.35. The first-order valence-corrected chi connectivity index (χ1v) is 23.4. The monoisotopic (exact) mass is 862 g/mol. The van der Waals surface area contributed by atoms with Gasteiger partial charge in [0.1, 0.15) is 17.6 Å². The molecular weight excluding hydrogens is 793 g/mol. The van der Waals surface area contributed by atoms with E-state index in [0.717, 1.165) is 38.8 Å². The highest BCUT2D eigenvalue weighted by molar-refractivity contribution is 7.89. The standard InChI is InChI=1S/C44H70N4O11S/c1-2-53-28-29-57-33-30-54-25-11-14-38(49)13-5-3-8-20-45-44(50)46-21-26-55-31-34-58-35-32-56-27-22-47-60(51,52)40-18-16-39(17-19-40)59-43-41-15-7-6-12-37(41)36-42(43)48-23-9-4-10-24-48/h6-7,12,15-19,42-43,47H,2-5,8-11,13-14,20-36H2,1H3,(H2,45,46,50)/t42-,43-/m0/s1. The Labute approximate surface area is 357 Å². The Morgan fingerprint density at radius 3 is 1.95 bits per heavy atom. The first kappa shape index (κ1) is 49.5. The average molecular weight is 863 g/mol. The lowest BCUT2D eigenvalue weighted by molar-refractivity contribution is -0.119. The van der Waals surface area contributed by atoms with Crippen molar-refractivity contribution in [2.24, 2.45) is 0 Å². The Bertz CT molecular complexity index is 1580. The third-order valence-electron chi connectivity index (χ3n) is 10.3. The van der Waals surface area contributed by atoms with Gasteiger partial charge < -0.3 is 43.8 Å². The lowest BCUT2D eigenvalue weighted by Crippen LogP contribution is -2.43. The van der Waals surface area contributed by atoms with Crippen LogP contribution in [0.5, 0.6) is 5.75 Å². The minimum Gasteiger partial charge on any atom is -0.484 e. The Balaban J connectivity index is 0.915. The molecule has 4 rings (SSSR count). The van der Waals surface area contributed by atoms with E-state index in [0.29, 0.717) is 111 Å². The molecule has 1 saturated heterocycles. The number of rotatable bonds is 34. The van der Waals surface area contributed by atoms with Crippen LogP contribution in [0.4, 0.5) is 4.79 Å². The maximum absolute atomic E-state index is 12.9. The summed E-state index contributed by atoms with van der Waals surface area (Å²) in [6.07, 6.45) is 8.83. The number of carbonyl (C=O) groups excluding carboxylic acids is 2. The van der Waals surface area contributed by atoms with E-state index in [1.165, 1.54) is 30.4 Å². The maximum Gasteiger partial charge on any atom is 0.314 e. The number of piperidine rings is 1. The number of hydrogen-bond donors (Lipinski definition) is 3. The van der Waals surface area contributed by atoms with Crippen LogP contribution < -0.4 is 20.1 Å². The summed E-state index contributed by atoms with van der Waals surface area (Å²) in [7, 11) is -3.71. The predicted octanol–water partition coefficient (Wildman–Crippen LogP) is 4.82. The Kier molecular flexibility index (Phi) is 24.7. The van der Waals surface area contributed by atoms with Crippen molar-refractivity contribution in [1.29, 1.82) is 0 Å². The van der Waals surface area contributed by atoms with Crippen LogP contribution in [0.1, 0.15) is 81.9 Å². The second-order valence-corrected chi connectivity index (χ2v) is 16.6. The zero-order chi connectivity index (χ0) is 42.5. The van der Waals surface area contributed by atoms with Crippen molar-refractivity contribution in [2.75, 3.05) is 112 Å². The van der Waals surface area contributed by atoms with Crippen molar-refractivity contribution in [3.8, 4) is 5.75 Å². The number of amides is 2. The fraction of sp³-hybridized carbons (Fsp3) is 0.682. The third-order valence-corrected chi connectivity index (χ3v) is 11.8. The molecular formula is C44H70N4O11S. The molecule has 0 saturated carbocycles. The minimum atomic E-state index is -3.71. The summed E-state index contributed by atoms with van der Waals surface area (Å²) in [5.41, 5.74) is 2.53. The zero-order valence-corrected chi connectivity index (χ0v) is 36.5. The molecule has 0 radical (unpaired) electrons. The number of fused-ring (bicyclic) bond motifs is 1. The topological polar surface area (TPSA) is 172 Å². The predicted molar refractivity (Wildman–Crippen MR) is 229 cm³/mol. The smallest absolute Gasteiger partial charge is 0.314 e. The van der Waals surface area contributed by atoms with Gasteiger partial charge in [0.05, 0.1) is 77.0 Å². The van der Waals surface area contributed by atoms with E-state index in [2.05, 4.69) is 44.5 Å². The fourth-order valence-corrected chi connectivity index (χ4v) is 8.19. The van der Waals surface area contributed by atoms with Crippen molar-refractivity contribution in [3.05, 3.63) is 59.7 Å². The molecule has 1 heterocycles. The number of nitrogens with one attached hydrogen (secondary N) is 3. The number of urea groups is 1. The van der Waals surface area contributed by atoms with E-state index in [1.54, 1.807) is 24.3 Å². The second-order valence-electron chi connectivity index (χ2n) is 14.9. The average Bonchev–Trinajstić information content (AvgIpc) is 3.62. The van der Waals surface area contributed by atoms with Crippen LogP contribution in [0.3, 0.4) is 0 Å². The molecule has 1 aliphatic carbocycles. The molecule has 60 heavy (non-hydrogen) atoms. The van der Waals surface area contributed by atoms with Gasteiger partial charge in [0.15, 0.2) is 0 Å². The quantitative estimate of drug-likeness (QED) is 0.0821. The number of sulfonamides is 1. The highest BCUT2D eigenvalue weighted by atomic mass is 32.2. The summed E-state index contributed by atoms with van der Waals surface area (Å²) >= 11 is 0. The van der Waals surface area contributed by atoms with E-state index >= 15 is 0 Å². The molecule has 2 amide bonds. The molecule has 2 aliphatic rings. The van der Waals surface area contributed by atoms with E-state index in [1.807, 2.05) is 6.92 Å². The van der Waals surface area contributed by atoms with Gasteiger partial charge in [-0.15, -0.1) is 0 Å². The van der Waals surface area contributed by atoms with Gasteiger partial charge >= 0.3 is 6.03 Å². The van der Waals surface area contributed by atoms with Crippen LogP contribution >= 0.6 is 0 Å². The highest BCUT2D eigenvalue weighted by Gasteiger charge is 2.38. The van der Waals surface area contributed by atoms with Gasteiger partial charge in [0.2, 0.25) is 10.0 Å². The molecule has 1 aliphatic heterocycles. The first-order chi connectivity index (χ1) is 29.4. The van der Waals surface area contributed by atoms with E-state index in [4.69, 9.17) is 33.2 Å². The number of Topliss-reactive ketones (excluding diaryl/α,β-unsaturated/α-hetero) is 1. The largest absolute Gasteiger partial charge is 0.484 e. The number of ether oxygens (including phenoxy) is 7. The fourth-order valence-electron chi connectivity index (χ4n) is 7.17. The molecule has 1 fully saturated rings. The van der Waals surface area contributed by atoms with Gasteiger partial charge in [-0.2, -0.15) is 0 Å². The first-order valence-electron chi connectivity index (χ1n) is 22.0. The van der Waals surface area contributed by atoms with Gasteiger partial charge in [0.25, 0.3) is 0 Å². The summed E-state index contributed by atoms with van der Waals surface area (Å²) in [6.45, 7) is 10.6. The molecule has 15 nitrogen and oxygen atoms in total. The number of hydrogen-bond acceptors (Lipinski definition) is 12. The Morgan fingerprint density at radius 1 is 0.650 bits per heavy atom. The van der Waals surface area contributed by atoms with Crippen LogP contribution in [0.15, 0.2) is 53.4 Å². The van der Waals surface area contributed by atoms with Gasteiger partial charge in [0, 0.05) is 45.7 Å². The van der Waals surface area contributed by atoms with Crippen molar-refractivity contribution < 1.29 is 51.2 Å². The highest BCUT2D eigenvalue weighted by Crippen LogP contribution is 2.39. The maximum atomic E-state index is 12.9. The van der Waals surface area contributed by atoms with Gasteiger partial charge in [-0.1, -0.05) is 37.1 Å². The van der Waals surface area contributed by atoms with E-state index in [-0.39, 0.29) is 42.0 Å². The van der Waals surface area contributed by atoms with Crippen LogP contribution in [0.2, 0.25) is 0 Å². The third kappa shape index (κ3) is 19.7. The van der Waals surface area contributed by atoms with Crippen LogP contribution in [-0.2, 0) is 49.7 Å². The summed E-state index contributed by atoms with van der Waals surface area (Å²) in [4.78, 5) is 26.7. The van der Waals surface area contributed by atoms with Gasteiger partial charge in [-0.25, -0.2) is 17.9 Å². The molecule has 0 spiro atoms. The van der Waals surface area contributed by atoms with Crippen molar-refractivity contribution in [2.45, 2.75) is 88.2 Å². The second kappa shape index (κ2) is 30.0. The van der Waals surface area contributed by atoms with Crippen LogP contribution in [0.25, 0.3) is 0 Å². The number of unbranched alkanes of at least 4 members (excludes halogenated alkanes) is 2. The molecule has 16 heteroatoms. The van der Waals surface area contributed by atoms with Crippen molar-refractivity contribution in [1.82, 2.24) is 20.3 Å². The molecule has 0 unspecified atom stereocenters. The number of benzene rings is 2. The molecule has 0 bridgehead atoms. The van der Waals surface area contributed by atoms with Crippen molar-refractivity contribution >= 4 is 21.8 Å². The normalized spacial score (nSPS) is 16.8. The van der Waals surface area contributed by atoms with Crippen molar-refractivity contribution in [3.63, 3.8) is 0 Å². The number of carbonyl (C=O) groups is 2. The Hall–Kier alpha value is -3.19. The number of likely N-dealkylation sites (tertiary alicyclic amines) is 1. The number of ketones is 1. The van der Waals surface area contributed by atoms with E-state index in [9.17, 15) is 18.0 Å². The molecule has 2 atom stereocenters. The van der Waals surface area contributed by atoms with Crippen LogP contribution in [-0.4, -0.2) is 143 Å². The summed E-state index contributed by atoms with van der Waals surface area (Å²) in [5.74, 6) is 0.892. The minimum absolute atomic E-state index is 0.0919. The van der Waals surface area contributed by atoms with Crippen LogP contribution in [0, 0.1) is 0 Å². The molecule has 2 aromatic carbocycles. The Morgan fingerprint density at radius 2 is 1.25 bits per heavy atom. The van der Waals surface area contributed by atoms with Gasteiger partial charge in [-0.3, -0.25) is 9.69 Å². The molecule has 338 valence electrons. The number of nitrogens with zero attached hydrogens (tertiary/aromatic N) is 1. The lowest BCUT2D eigenvalue weighted by atomic mass is 10.0. The zero-order valence-electron chi connectivity index (χ0n) is 35.7. The molecule has 3 N–H and O–H groups in total. The summed E-state index contributed by atoms with van der Waals surface area (Å²) in [5, 5.41) is 5.57. The SMILES string of the molecule is CCOCCOCCOCCCC(=O)CCCCCNC(=O)NCCOCCOCCOCCNS(=O)(=O)c1ccc(O[C@H]2c3ccccc3C[C@@H]2N2CCCCC2)cc1.